The van der Waals surface area contributed by atoms with Gasteiger partial charge in [0.05, 0.1) is 10.6 Å². The molecule has 1 unspecified atom stereocenters. The van der Waals surface area contributed by atoms with E-state index in [9.17, 15) is 14.9 Å². The number of rotatable bonds is 8. The summed E-state index contributed by atoms with van der Waals surface area (Å²) in [5, 5.41) is 14.9. The van der Waals surface area contributed by atoms with Crippen LogP contribution in [0.15, 0.2) is 108 Å². The molecule has 0 amide bonds. The number of oxime groups is 1. The van der Waals surface area contributed by atoms with Crippen LogP contribution in [-0.4, -0.2) is 22.2 Å². The van der Waals surface area contributed by atoms with Crippen LogP contribution in [0.2, 0.25) is 0 Å². The summed E-state index contributed by atoms with van der Waals surface area (Å²) in [6.45, 7) is 1.73. The Balaban J connectivity index is 1.13. The second-order valence-electron chi connectivity index (χ2n) is 9.48. The van der Waals surface area contributed by atoms with Crippen LogP contribution in [0.1, 0.15) is 35.6 Å². The maximum Gasteiger partial charge on any atom is 0.353 e. The van der Waals surface area contributed by atoms with Gasteiger partial charge in [0.1, 0.15) is 6.61 Å². The van der Waals surface area contributed by atoms with E-state index < -0.39 is 16.5 Å². The van der Waals surface area contributed by atoms with Gasteiger partial charge in [-0.25, -0.2) is 4.79 Å². The molecule has 194 valence electrons. The normalized spacial score (nSPS) is 16.5. The molecule has 1 atom stereocenters. The molecule has 1 aliphatic rings. The van der Waals surface area contributed by atoms with Crippen molar-refractivity contribution >= 4 is 29.5 Å². The molecule has 0 bridgehead atoms. The van der Waals surface area contributed by atoms with E-state index in [1.165, 1.54) is 23.3 Å². The first-order valence-corrected chi connectivity index (χ1v) is 12.5. The first-order chi connectivity index (χ1) is 18.9. The van der Waals surface area contributed by atoms with Crippen molar-refractivity contribution in [2.45, 2.75) is 25.6 Å². The number of esters is 1. The second-order valence-corrected chi connectivity index (χ2v) is 9.48. The van der Waals surface area contributed by atoms with Gasteiger partial charge < -0.3 is 9.57 Å². The van der Waals surface area contributed by atoms with Crippen molar-refractivity contribution < 1.29 is 19.3 Å². The first kappa shape index (κ1) is 25.6. The van der Waals surface area contributed by atoms with E-state index in [0.29, 0.717) is 11.3 Å². The third-order valence-electron chi connectivity index (χ3n) is 6.54. The highest BCUT2D eigenvalue weighted by molar-refractivity contribution is 6.04. The van der Waals surface area contributed by atoms with Crippen LogP contribution in [0.4, 0.5) is 5.69 Å². The minimum atomic E-state index is -1.25. The van der Waals surface area contributed by atoms with E-state index in [-0.39, 0.29) is 18.7 Å². The van der Waals surface area contributed by atoms with Crippen molar-refractivity contribution in [1.82, 2.24) is 0 Å². The topological polar surface area (TPSA) is 91.0 Å². The Bertz CT molecular complexity index is 1530. The van der Waals surface area contributed by atoms with Crippen LogP contribution in [0.3, 0.4) is 0 Å². The zero-order valence-electron chi connectivity index (χ0n) is 21.3. The van der Waals surface area contributed by atoms with Gasteiger partial charge >= 0.3 is 5.97 Å². The number of hydrogen-bond acceptors (Lipinski definition) is 6. The van der Waals surface area contributed by atoms with E-state index in [0.717, 1.165) is 16.7 Å². The molecule has 39 heavy (non-hydrogen) atoms. The quantitative estimate of drug-likeness (QED) is 0.108. The zero-order valence-corrected chi connectivity index (χ0v) is 21.3. The third kappa shape index (κ3) is 6.10. The molecule has 0 fully saturated rings. The fourth-order valence-corrected chi connectivity index (χ4v) is 4.22. The smallest absolute Gasteiger partial charge is 0.353 e. The Hall–Kier alpha value is -5.04. The fourth-order valence-electron chi connectivity index (χ4n) is 4.22. The number of benzene rings is 4. The molecular weight excluding hydrogens is 492 g/mol. The molecule has 4 aromatic rings. The van der Waals surface area contributed by atoms with Crippen LogP contribution >= 0.6 is 0 Å². The van der Waals surface area contributed by atoms with Crippen LogP contribution in [0, 0.1) is 10.1 Å². The predicted molar refractivity (Wildman–Crippen MR) is 151 cm³/mol. The Morgan fingerprint density at radius 2 is 1.44 bits per heavy atom. The summed E-state index contributed by atoms with van der Waals surface area (Å²) in [5.41, 5.74) is 5.29. The molecule has 7 heteroatoms. The van der Waals surface area contributed by atoms with Gasteiger partial charge in [0, 0.05) is 18.6 Å². The van der Waals surface area contributed by atoms with Gasteiger partial charge in [0.25, 0.3) is 5.69 Å². The highest BCUT2D eigenvalue weighted by Gasteiger charge is 2.43. The molecule has 0 saturated carbocycles. The van der Waals surface area contributed by atoms with Crippen molar-refractivity contribution in [3.63, 3.8) is 0 Å². The summed E-state index contributed by atoms with van der Waals surface area (Å²) in [6.07, 6.45) is 4.31. The van der Waals surface area contributed by atoms with Gasteiger partial charge in [-0.05, 0) is 52.4 Å². The Labute approximate surface area is 226 Å². The largest absolute Gasteiger partial charge is 0.458 e. The number of nitro groups is 1. The first-order valence-electron chi connectivity index (χ1n) is 12.5. The molecule has 1 heterocycles. The number of nitro benzene ring substituents is 1. The summed E-state index contributed by atoms with van der Waals surface area (Å²) < 4.78 is 5.52. The molecule has 0 aromatic heterocycles. The number of carbonyl (C=O) groups excluding carboxylic acids is 1. The van der Waals surface area contributed by atoms with Gasteiger partial charge in [0.2, 0.25) is 5.60 Å². The minimum absolute atomic E-state index is 0.0144. The molecule has 4 aromatic carbocycles. The van der Waals surface area contributed by atoms with Crippen molar-refractivity contribution in [3.05, 3.63) is 135 Å². The van der Waals surface area contributed by atoms with E-state index >= 15 is 0 Å². The van der Waals surface area contributed by atoms with Crippen LogP contribution in [-0.2, 0) is 21.0 Å². The van der Waals surface area contributed by atoms with E-state index in [2.05, 4.69) is 47.6 Å². The lowest BCUT2D eigenvalue weighted by Crippen LogP contribution is -2.37. The number of ether oxygens (including phenoxy) is 1. The molecule has 1 aliphatic heterocycles. The molecule has 0 aliphatic carbocycles. The summed E-state index contributed by atoms with van der Waals surface area (Å²) in [6, 6.07) is 32.4. The fraction of sp³-hybridized carbons (Fsp3) is 0.125. The molecule has 7 nitrogen and oxygen atoms in total. The molecule has 0 spiro atoms. The van der Waals surface area contributed by atoms with Gasteiger partial charge in [-0.2, -0.15) is 0 Å². The summed E-state index contributed by atoms with van der Waals surface area (Å²) in [7, 11) is 0. The minimum Gasteiger partial charge on any atom is -0.458 e. The van der Waals surface area contributed by atoms with Crippen LogP contribution in [0.25, 0.3) is 23.3 Å². The van der Waals surface area contributed by atoms with E-state index in [1.807, 2.05) is 48.5 Å². The Kier molecular flexibility index (Phi) is 7.32. The molecule has 0 radical (unpaired) electrons. The lowest BCUT2D eigenvalue weighted by atomic mass is 9.96. The van der Waals surface area contributed by atoms with Crippen molar-refractivity contribution in [2.24, 2.45) is 5.16 Å². The van der Waals surface area contributed by atoms with Gasteiger partial charge in [-0.3, -0.25) is 10.1 Å². The maximum absolute atomic E-state index is 12.8. The number of non-ortho nitro benzene ring substituents is 1. The Morgan fingerprint density at radius 1 is 0.872 bits per heavy atom. The number of hydrogen-bond donors (Lipinski definition) is 0. The van der Waals surface area contributed by atoms with Crippen molar-refractivity contribution in [1.29, 1.82) is 0 Å². The van der Waals surface area contributed by atoms with Crippen LogP contribution in [0.5, 0.6) is 0 Å². The van der Waals surface area contributed by atoms with Crippen LogP contribution < -0.4 is 0 Å². The van der Waals surface area contributed by atoms with Crippen molar-refractivity contribution in [3.8, 4) is 11.1 Å². The second kappa shape index (κ2) is 11.1. The number of carbonyl (C=O) groups is 1. The summed E-state index contributed by atoms with van der Waals surface area (Å²) in [4.78, 5) is 28.6. The predicted octanol–water partition coefficient (Wildman–Crippen LogP) is 7.06. The standard InChI is InChI=1S/C32H26N2O5/c1-32(21-30(33-39-32)28-17-19-29(20-18-28)34(36)37)31(35)38-22-25-11-9-23(10-12-25)7-8-24-13-15-27(16-14-24)26-5-3-2-4-6-26/h2-20H,21-22H2,1H3/b8-7-. The highest BCUT2D eigenvalue weighted by Crippen LogP contribution is 2.29. The average Bonchev–Trinajstić information content (AvgIpc) is 3.39. The van der Waals surface area contributed by atoms with E-state index in [4.69, 9.17) is 9.57 Å². The molecular formula is C32H26N2O5. The Morgan fingerprint density at radius 3 is 2.05 bits per heavy atom. The molecule has 0 saturated heterocycles. The third-order valence-corrected chi connectivity index (χ3v) is 6.54. The summed E-state index contributed by atoms with van der Waals surface area (Å²) in [5.74, 6) is -0.522. The molecule has 5 rings (SSSR count). The van der Waals surface area contributed by atoms with Gasteiger partial charge in [0.15, 0.2) is 0 Å². The summed E-state index contributed by atoms with van der Waals surface area (Å²) >= 11 is 0. The monoisotopic (exact) mass is 518 g/mol. The maximum atomic E-state index is 12.8. The van der Waals surface area contributed by atoms with Gasteiger partial charge in [-0.1, -0.05) is 96.2 Å². The van der Waals surface area contributed by atoms with Crippen molar-refractivity contribution in [2.75, 3.05) is 0 Å². The number of nitrogens with zero attached hydrogens (tertiary/aromatic N) is 2. The zero-order chi connectivity index (χ0) is 27.2. The lowest BCUT2D eigenvalue weighted by Gasteiger charge is -2.19. The van der Waals surface area contributed by atoms with E-state index in [1.54, 1.807) is 19.1 Å². The highest BCUT2D eigenvalue weighted by atomic mass is 16.7. The van der Waals surface area contributed by atoms with Gasteiger partial charge in [-0.15, -0.1) is 0 Å². The lowest BCUT2D eigenvalue weighted by molar-refractivity contribution is -0.384. The molecule has 0 N–H and O–H groups in total. The SMILES string of the molecule is CC1(C(=O)OCc2ccc(/C=C\c3ccc(-c4ccccc4)cc3)cc2)CC(c2ccc([N+](=O)[O-])cc2)=NO1. The average molecular weight is 519 g/mol.